The van der Waals surface area contributed by atoms with Gasteiger partial charge in [0.25, 0.3) is 0 Å². The third kappa shape index (κ3) is 57.6. The monoisotopic (exact) mass is 1010 g/mol. The van der Waals surface area contributed by atoms with Gasteiger partial charge >= 0.3 is 5.97 Å². The Labute approximate surface area is 450 Å². The quantitative estimate of drug-likeness (QED) is 0.0320. The van der Waals surface area contributed by atoms with Crippen LogP contribution in [-0.2, 0) is 14.3 Å². The van der Waals surface area contributed by atoms with Crippen molar-refractivity contribution in [1.82, 2.24) is 5.32 Å². The minimum absolute atomic E-state index is 0.00367. The molecule has 0 radical (unpaired) electrons. The van der Waals surface area contributed by atoms with E-state index in [9.17, 15) is 19.8 Å². The summed E-state index contributed by atoms with van der Waals surface area (Å²) in [6, 6.07) is -0.539. The van der Waals surface area contributed by atoms with Gasteiger partial charge in [-0.15, -0.1) is 0 Å². The molecule has 0 aromatic carbocycles. The number of esters is 1. The lowest BCUT2D eigenvalue weighted by molar-refractivity contribution is -0.143. The minimum Gasteiger partial charge on any atom is -0.466 e. The number of hydrogen-bond donors (Lipinski definition) is 3. The summed E-state index contributed by atoms with van der Waals surface area (Å²) in [6.07, 6.45) is 76.3. The van der Waals surface area contributed by atoms with Crippen molar-refractivity contribution in [3.63, 3.8) is 0 Å². The van der Waals surface area contributed by atoms with E-state index >= 15 is 0 Å². The second-order valence-electron chi connectivity index (χ2n) is 22.5. The Balaban J connectivity index is 3.35. The van der Waals surface area contributed by atoms with Gasteiger partial charge in [-0.05, 0) is 57.8 Å². The molecule has 6 heteroatoms. The molecule has 3 N–H and O–H groups in total. The van der Waals surface area contributed by atoms with E-state index in [-0.39, 0.29) is 18.5 Å². The molecule has 0 saturated heterocycles. The molecular weight excluding hydrogens is 887 g/mol. The average molecular weight is 1010 g/mol. The van der Waals surface area contributed by atoms with Gasteiger partial charge in [-0.1, -0.05) is 314 Å². The van der Waals surface area contributed by atoms with Crippen LogP contribution in [0.1, 0.15) is 361 Å². The van der Waals surface area contributed by atoms with Crippen molar-refractivity contribution in [2.24, 2.45) is 0 Å². The summed E-state index contributed by atoms with van der Waals surface area (Å²) in [5, 5.41) is 23.3. The molecule has 72 heavy (non-hydrogen) atoms. The first-order chi connectivity index (χ1) is 35.5. The lowest BCUT2D eigenvalue weighted by Gasteiger charge is -2.22. The zero-order valence-electron chi connectivity index (χ0n) is 48.7. The molecule has 1 amide bonds. The zero-order valence-corrected chi connectivity index (χ0v) is 48.7. The molecule has 0 aliphatic rings. The topological polar surface area (TPSA) is 95.9 Å². The normalized spacial score (nSPS) is 12.7. The Kier molecular flexibility index (Phi) is 60.5. The third-order valence-electron chi connectivity index (χ3n) is 15.3. The number of amides is 1. The molecule has 2 unspecified atom stereocenters. The lowest BCUT2D eigenvalue weighted by Crippen LogP contribution is -2.45. The molecule has 0 saturated carbocycles. The fourth-order valence-corrected chi connectivity index (χ4v) is 10.3. The summed E-state index contributed by atoms with van der Waals surface area (Å²) in [4.78, 5) is 24.5. The highest BCUT2D eigenvalue weighted by Crippen LogP contribution is 2.18. The van der Waals surface area contributed by atoms with E-state index < -0.39 is 12.1 Å². The summed E-state index contributed by atoms with van der Waals surface area (Å²) in [7, 11) is 0. The SMILES string of the molecule is CCCCC/C=C\C/C=C\CCCCCCCC(=O)OCCCCCCCCCCCCCCCCCCCCCCCCCCCCC(=O)NC(CO)C(O)CCCCCCCCCCCCCCCC. The Morgan fingerprint density at radius 2 is 0.694 bits per heavy atom. The largest absolute Gasteiger partial charge is 0.466 e. The van der Waals surface area contributed by atoms with Crippen LogP contribution in [0.15, 0.2) is 24.3 Å². The maximum Gasteiger partial charge on any atom is 0.305 e. The van der Waals surface area contributed by atoms with E-state index in [1.165, 1.54) is 276 Å². The Bertz CT molecular complexity index is 1120. The van der Waals surface area contributed by atoms with Crippen LogP contribution in [0, 0.1) is 0 Å². The minimum atomic E-state index is -0.662. The second kappa shape index (κ2) is 61.9. The molecule has 426 valence electrons. The van der Waals surface area contributed by atoms with Gasteiger partial charge in [-0.25, -0.2) is 0 Å². The molecular formula is C66H127NO5. The number of nitrogens with one attached hydrogen (secondary N) is 1. The lowest BCUT2D eigenvalue weighted by atomic mass is 10.0. The molecule has 0 fully saturated rings. The van der Waals surface area contributed by atoms with Crippen molar-refractivity contribution in [1.29, 1.82) is 0 Å². The van der Waals surface area contributed by atoms with E-state index in [1.54, 1.807) is 0 Å². The number of unbranched alkanes of at least 4 members (excludes halogenated alkanes) is 46. The van der Waals surface area contributed by atoms with Crippen LogP contribution < -0.4 is 5.32 Å². The second-order valence-corrected chi connectivity index (χ2v) is 22.5. The maximum absolute atomic E-state index is 12.5. The smallest absolute Gasteiger partial charge is 0.305 e. The maximum atomic E-state index is 12.5. The van der Waals surface area contributed by atoms with Gasteiger partial charge < -0.3 is 20.3 Å². The summed E-state index contributed by atoms with van der Waals surface area (Å²) >= 11 is 0. The number of aliphatic hydroxyl groups excluding tert-OH is 2. The van der Waals surface area contributed by atoms with Gasteiger partial charge in [0, 0.05) is 12.8 Å². The number of allylic oxidation sites excluding steroid dienone is 4. The van der Waals surface area contributed by atoms with Gasteiger partial charge in [0.05, 0.1) is 25.4 Å². The van der Waals surface area contributed by atoms with Crippen molar-refractivity contribution < 1.29 is 24.5 Å². The van der Waals surface area contributed by atoms with Crippen LogP contribution in [-0.4, -0.2) is 47.4 Å². The van der Waals surface area contributed by atoms with Crippen LogP contribution in [0.2, 0.25) is 0 Å². The number of rotatable bonds is 61. The Hall–Kier alpha value is -1.66. The first-order valence-corrected chi connectivity index (χ1v) is 32.6. The van der Waals surface area contributed by atoms with E-state index in [2.05, 4.69) is 43.5 Å². The first kappa shape index (κ1) is 70.3. The van der Waals surface area contributed by atoms with Crippen LogP contribution in [0.5, 0.6) is 0 Å². The van der Waals surface area contributed by atoms with Crippen LogP contribution in [0.4, 0.5) is 0 Å². The Morgan fingerprint density at radius 1 is 0.389 bits per heavy atom. The van der Waals surface area contributed by atoms with E-state index in [0.29, 0.717) is 25.9 Å². The van der Waals surface area contributed by atoms with Gasteiger partial charge in [-0.2, -0.15) is 0 Å². The van der Waals surface area contributed by atoms with Crippen molar-refractivity contribution >= 4 is 11.9 Å². The molecule has 0 aliphatic carbocycles. The molecule has 0 aromatic rings. The van der Waals surface area contributed by atoms with Gasteiger partial charge in [0.1, 0.15) is 0 Å². The highest BCUT2D eigenvalue weighted by molar-refractivity contribution is 5.76. The number of hydrogen-bond acceptors (Lipinski definition) is 5. The number of carbonyl (C=O) groups excluding carboxylic acids is 2. The van der Waals surface area contributed by atoms with E-state index in [0.717, 1.165) is 51.4 Å². The molecule has 0 heterocycles. The predicted octanol–water partition coefficient (Wildman–Crippen LogP) is 20.6. The highest BCUT2D eigenvalue weighted by atomic mass is 16.5. The molecule has 0 rings (SSSR count). The zero-order chi connectivity index (χ0) is 52.2. The van der Waals surface area contributed by atoms with Crippen LogP contribution >= 0.6 is 0 Å². The summed E-state index contributed by atoms with van der Waals surface area (Å²) in [5.74, 6) is -0.0272. The molecule has 0 bridgehead atoms. The number of aliphatic hydroxyl groups is 2. The van der Waals surface area contributed by atoms with Crippen molar-refractivity contribution in [3.05, 3.63) is 24.3 Å². The van der Waals surface area contributed by atoms with Crippen LogP contribution in [0.25, 0.3) is 0 Å². The summed E-state index contributed by atoms with van der Waals surface area (Å²) < 4.78 is 5.48. The highest BCUT2D eigenvalue weighted by Gasteiger charge is 2.20. The Morgan fingerprint density at radius 3 is 1.08 bits per heavy atom. The van der Waals surface area contributed by atoms with Crippen molar-refractivity contribution in [3.8, 4) is 0 Å². The molecule has 0 aliphatic heterocycles. The van der Waals surface area contributed by atoms with Gasteiger partial charge in [0.2, 0.25) is 5.91 Å². The summed E-state index contributed by atoms with van der Waals surface area (Å²) in [5.41, 5.74) is 0. The van der Waals surface area contributed by atoms with Gasteiger partial charge in [-0.3, -0.25) is 9.59 Å². The number of carbonyl (C=O) groups is 2. The first-order valence-electron chi connectivity index (χ1n) is 32.6. The van der Waals surface area contributed by atoms with Crippen molar-refractivity contribution in [2.45, 2.75) is 373 Å². The molecule has 6 nitrogen and oxygen atoms in total. The fourth-order valence-electron chi connectivity index (χ4n) is 10.3. The standard InChI is InChI=1S/C66H127NO5/c1-3-5-7-9-11-13-15-17-31-36-40-44-48-52-56-60-66(71)72-61-57-53-49-45-41-37-33-30-28-26-24-22-20-19-21-23-25-27-29-32-35-39-43-47-51-55-59-65(70)67-63(62-68)64(69)58-54-50-46-42-38-34-18-16-14-12-10-8-6-4-2/h11,13,17,31,63-64,68-69H,3-10,12,14-16,18-30,32-62H2,1-2H3,(H,67,70)/b13-11-,31-17-. The molecule has 2 atom stereocenters. The van der Waals surface area contributed by atoms with Crippen LogP contribution in [0.3, 0.4) is 0 Å². The van der Waals surface area contributed by atoms with E-state index in [4.69, 9.17) is 4.74 Å². The number of ether oxygens (including phenoxy) is 1. The molecule has 0 aromatic heterocycles. The van der Waals surface area contributed by atoms with Crippen molar-refractivity contribution in [2.75, 3.05) is 13.2 Å². The fraction of sp³-hybridized carbons (Fsp3) is 0.909. The molecule has 0 spiro atoms. The average Bonchev–Trinajstić information content (AvgIpc) is 3.38. The predicted molar refractivity (Wildman–Crippen MR) is 315 cm³/mol. The summed E-state index contributed by atoms with van der Waals surface area (Å²) in [6.45, 7) is 4.94. The van der Waals surface area contributed by atoms with Gasteiger partial charge in [0.15, 0.2) is 0 Å². The third-order valence-corrected chi connectivity index (χ3v) is 15.3. The van der Waals surface area contributed by atoms with E-state index in [1.807, 2.05) is 0 Å².